The van der Waals surface area contributed by atoms with Crippen molar-refractivity contribution in [2.24, 2.45) is 25.0 Å². The van der Waals surface area contributed by atoms with E-state index in [1.54, 1.807) is 6.34 Å². The molecule has 0 aliphatic rings. The minimum absolute atomic E-state index is 0.293. The van der Waals surface area contributed by atoms with Crippen molar-refractivity contribution >= 4 is 24.3 Å². The van der Waals surface area contributed by atoms with Crippen molar-refractivity contribution in [1.82, 2.24) is 31.1 Å². The van der Waals surface area contributed by atoms with Crippen molar-refractivity contribution in [1.29, 1.82) is 0 Å². The van der Waals surface area contributed by atoms with E-state index in [0.29, 0.717) is 24.2 Å². The summed E-state index contributed by atoms with van der Waals surface area (Å²) in [5.74, 6) is 2.08. The van der Waals surface area contributed by atoms with E-state index >= 15 is 0 Å². The van der Waals surface area contributed by atoms with Gasteiger partial charge in [-0.3, -0.25) is 15.0 Å². The predicted octanol–water partition coefficient (Wildman–Crippen LogP) is 6.93. The molecule has 0 rings (SSSR count). The van der Waals surface area contributed by atoms with E-state index in [1.807, 2.05) is 13.8 Å². The first-order valence-electron chi connectivity index (χ1n) is 19.6. The third kappa shape index (κ3) is 38.0. The van der Waals surface area contributed by atoms with E-state index in [0.717, 1.165) is 109 Å². The number of aliphatic imine (C=N–C) groups is 5. The van der Waals surface area contributed by atoms with Gasteiger partial charge in [-0.1, -0.05) is 13.8 Å². The van der Waals surface area contributed by atoms with E-state index in [1.165, 1.54) is 6.42 Å². The molecule has 0 heterocycles. The smallest absolute Gasteiger partial charge is 0.194 e. The molecule has 0 saturated carbocycles. The Bertz CT molecular complexity index is 835. The van der Waals surface area contributed by atoms with E-state index in [2.05, 4.69) is 135 Å². The summed E-state index contributed by atoms with van der Waals surface area (Å²) in [7, 11) is 0. The third-order valence-corrected chi connectivity index (χ3v) is 6.75. The summed E-state index contributed by atoms with van der Waals surface area (Å²) < 4.78 is 0. The second kappa shape index (κ2) is 38.2. The van der Waals surface area contributed by atoms with Crippen LogP contribution in [0.2, 0.25) is 0 Å². The van der Waals surface area contributed by atoms with E-state index in [-0.39, 0.29) is 0 Å². The molecule has 0 spiro atoms. The average Bonchev–Trinajstić information content (AvgIpc) is 3.04. The van der Waals surface area contributed by atoms with Crippen molar-refractivity contribution in [2.45, 2.75) is 160 Å². The van der Waals surface area contributed by atoms with Crippen molar-refractivity contribution < 1.29 is 0 Å². The molecular formula is C38H83N11. The normalized spacial score (nSPS) is 11.6. The van der Waals surface area contributed by atoms with Gasteiger partial charge in [0, 0.05) is 70.5 Å². The van der Waals surface area contributed by atoms with Crippen LogP contribution < -0.4 is 21.3 Å². The largest absolute Gasteiger partial charge is 0.374 e. The highest BCUT2D eigenvalue weighted by Crippen LogP contribution is 2.00. The van der Waals surface area contributed by atoms with Crippen LogP contribution in [0.5, 0.6) is 0 Å². The van der Waals surface area contributed by atoms with Crippen LogP contribution in [-0.2, 0) is 0 Å². The number of hydrogen-bond donors (Lipinski definition) is 4. The quantitative estimate of drug-likeness (QED) is 0.0524. The minimum Gasteiger partial charge on any atom is -0.374 e. The number of hydrogen-bond acceptors (Lipinski definition) is 6. The zero-order valence-electron chi connectivity index (χ0n) is 34.8. The molecule has 4 N–H and O–H groups in total. The molecule has 0 aliphatic heterocycles. The second-order valence-corrected chi connectivity index (χ2v) is 13.0. The van der Waals surface area contributed by atoms with Crippen LogP contribution in [0.1, 0.15) is 135 Å². The highest BCUT2D eigenvalue weighted by Gasteiger charge is 2.09. The summed E-state index contributed by atoms with van der Waals surface area (Å²) in [6, 6.07) is 4.20. The molecule has 0 radical (unpaired) electrons. The molecule has 0 atom stereocenters. The molecule has 0 aromatic carbocycles. The van der Waals surface area contributed by atoms with Crippen LogP contribution in [-0.4, -0.2) is 124 Å². The van der Waals surface area contributed by atoms with Crippen LogP contribution in [0, 0.1) is 0 Å². The first-order chi connectivity index (χ1) is 23.4. The molecule has 0 fully saturated rings. The molecule has 0 aromatic rings. The lowest BCUT2D eigenvalue weighted by molar-refractivity contribution is 0.436. The molecule has 0 amide bonds. The standard InChI is InChI=1S/C21H46N6.C13H26N4.C4H11N/c1-9-26(10-2)20(24-18(5)6)22-16-14-13-15-17-23-21(25-19(7)8)27(11-3)12-4;1-12(2)16-10-14-8-6-5-7-9-15-11-17-13(3)4;1-3-5-4-2/h18-19H,9-17H2,1-8H3,(H,22,24)(H,23,25);10,12-13H,5-9H2,1-4H3,(H,14,16);5H,3-4H2,1-2H3. The van der Waals surface area contributed by atoms with Gasteiger partial charge < -0.3 is 31.1 Å². The molecule has 49 heavy (non-hydrogen) atoms. The zero-order valence-corrected chi connectivity index (χ0v) is 34.8. The Hall–Kier alpha value is -2.65. The molecule has 0 aromatic heterocycles. The van der Waals surface area contributed by atoms with Crippen LogP contribution >= 0.6 is 0 Å². The topological polar surface area (TPSA) is 116 Å². The Morgan fingerprint density at radius 1 is 0.633 bits per heavy atom. The van der Waals surface area contributed by atoms with Crippen LogP contribution in [0.4, 0.5) is 0 Å². The Morgan fingerprint density at radius 2 is 1.18 bits per heavy atom. The Balaban J connectivity index is -0.000000815. The van der Waals surface area contributed by atoms with E-state index < -0.39 is 0 Å². The number of rotatable bonds is 23. The maximum atomic E-state index is 4.81. The molecule has 0 saturated heterocycles. The SMILES string of the molecule is CC(C)N=C=NCCCCCN=CNC(C)C.CCN(CC)C(=NC(C)C)NCCCCCN=C(NC(C)C)N(CC)CC.CCNCC. The summed E-state index contributed by atoms with van der Waals surface area (Å²) >= 11 is 0. The Morgan fingerprint density at radius 3 is 1.67 bits per heavy atom. The highest BCUT2D eigenvalue weighted by molar-refractivity contribution is 5.80. The predicted molar refractivity (Wildman–Crippen MR) is 220 cm³/mol. The van der Waals surface area contributed by atoms with E-state index in [9.17, 15) is 0 Å². The van der Waals surface area contributed by atoms with Crippen molar-refractivity contribution in [3.05, 3.63) is 0 Å². The Labute approximate surface area is 304 Å². The molecule has 290 valence electrons. The summed E-state index contributed by atoms with van der Waals surface area (Å²) in [4.78, 5) is 26.6. The van der Waals surface area contributed by atoms with Gasteiger partial charge >= 0.3 is 0 Å². The number of nitrogens with one attached hydrogen (secondary N) is 4. The van der Waals surface area contributed by atoms with Crippen LogP contribution in [0.3, 0.4) is 0 Å². The Kier molecular flexibility index (Phi) is 39.5. The summed E-state index contributed by atoms with van der Waals surface area (Å²) in [5, 5.41) is 13.3. The molecule has 0 bridgehead atoms. The number of nitrogens with zero attached hydrogens (tertiary/aromatic N) is 7. The summed E-state index contributed by atoms with van der Waals surface area (Å²) in [6.07, 6.45) is 8.61. The fourth-order valence-corrected chi connectivity index (χ4v) is 4.12. The first kappa shape index (κ1) is 50.7. The van der Waals surface area contributed by atoms with E-state index in [4.69, 9.17) is 9.98 Å². The van der Waals surface area contributed by atoms with Gasteiger partial charge in [0.25, 0.3) is 0 Å². The molecule has 11 nitrogen and oxygen atoms in total. The monoisotopic (exact) mass is 694 g/mol. The van der Waals surface area contributed by atoms with Crippen molar-refractivity contribution in [2.75, 3.05) is 65.4 Å². The fourth-order valence-electron chi connectivity index (χ4n) is 4.12. The lowest BCUT2D eigenvalue weighted by Crippen LogP contribution is -2.44. The first-order valence-corrected chi connectivity index (χ1v) is 19.6. The summed E-state index contributed by atoms with van der Waals surface area (Å²) in [5.41, 5.74) is 0. The molecule has 0 aliphatic carbocycles. The highest BCUT2D eigenvalue weighted by atomic mass is 15.3. The van der Waals surface area contributed by atoms with Crippen LogP contribution in [0.15, 0.2) is 25.0 Å². The third-order valence-electron chi connectivity index (χ3n) is 6.75. The van der Waals surface area contributed by atoms with Crippen molar-refractivity contribution in [3.63, 3.8) is 0 Å². The van der Waals surface area contributed by atoms with Crippen molar-refractivity contribution in [3.8, 4) is 0 Å². The number of unbranched alkanes of at least 4 members (excludes halogenated alkanes) is 4. The zero-order chi connectivity index (χ0) is 37.7. The van der Waals surface area contributed by atoms with Gasteiger partial charge in [-0.25, -0.2) is 9.98 Å². The minimum atomic E-state index is 0.293. The lowest BCUT2D eigenvalue weighted by atomic mass is 10.2. The average molecular weight is 694 g/mol. The van der Waals surface area contributed by atoms with Gasteiger partial charge in [0.05, 0.1) is 18.4 Å². The molecule has 11 heteroatoms. The van der Waals surface area contributed by atoms with Gasteiger partial charge in [-0.15, -0.1) is 0 Å². The second-order valence-electron chi connectivity index (χ2n) is 13.0. The van der Waals surface area contributed by atoms with Gasteiger partial charge in [-0.2, -0.15) is 0 Å². The van der Waals surface area contributed by atoms with Gasteiger partial charge in [0.15, 0.2) is 11.9 Å². The van der Waals surface area contributed by atoms with Gasteiger partial charge in [0.1, 0.15) is 0 Å². The van der Waals surface area contributed by atoms with Gasteiger partial charge in [0.2, 0.25) is 0 Å². The molecule has 0 unspecified atom stereocenters. The van der Waals surface area contributed by atoms with Gasteiger partial charge in [-0.05, 0) is 135 Å². The molecular weight excluding hydrogens is 610 g/mol. The maximum Gasteiger partial charge on any atom is 0.194 e. The fraction of sp³-hybridized carbons (Fsp3) is 0.895. The lowest BCUT2D eigenvalue weighted by Gasteiger charge is -2.25. The summed E-state index contributed by atoms with van der Waals surface area (Å²) in [6.45, 7) is 39.4. The number of guanidine groups is 2. The van der Waals surface area contributed by atoms with Crippen LogP contribution in [0.25, 0.3) is 0 Å². The maximum absolute atomic E-state index is 4.81.